The molecule has 1 aliphatic heterocycles. The van der Waals surface area contributed by atoms with E-state index in [1.807, 2.05) is 0 Å². The molecular weight excluding hydrogens is 258 g/mol. The van der Waals surface area contributed by atoms with Crippen LogP contribution < -0.4 is 11.1 Å². The highest BCUT2D eigenvalue weighted by atomic mass is 35.5. The lowest BCUT2D eigenvalue weighted by Crippen LogP contribution is -2.39. The van der Waals surface area contributed by atoms with Crippen LogP contribution in [0.25, 0.3) is 0 Å². The molecule has 1 unspecified atom stereocenters. The summed E-state index contributed by atoms with van der Waals surface area (Å²) in [5, 5.41) is 2.84. The second-order valence-electron chi connectivity index (χ2n) is 3.88. The molecule has 1 aliphatic rings. The van der Waals surface area contributed by atoms with Crippen LogP contribution in [0.4, 0.5) is 5.69 Å². The summed E-state index contributed by atoms with van der Waals surface area (Å²) in [5.41, 5.74) is 6.21. The number of halogens is 1. The summed E-state index contributed by atoms with van der Waals surface area (Å²) in [5.74, 6) is -0.325. The summed E-state index contributed by atoms with van der Waals surface area (Å²) in [7, 11) is 0. The number of hydrogen-bond acceptors (Lipinski definition) is 5. The van der Waals surface area contributed by atoms with Crippen molar-refractivity contribution in [1.82, 2.24) is 10.3 Å². The lowest BCUT2D eigenvalue weighted by Gasteiger charge is -2.23. The number of anilines is 1. The molecule has 1 atom stereocenters. The molecule has 1 fully saturated rings. The van der Waals surface area contributed by atoms with Crippen LogP contribution in [0.2, 0.25) is 5.15 Å². The van der Waals surface area contributed by atoms with Crippen molar-refractivity contribution < 1.29 is 14.3 Å². The van der Waals surface area contributed by atoms with Crippen molar-refractivity contribution in [3.63, 3.8) is 0 Å². The Morgan fingerprint density at radius 1 is 1.61 bits per heavy atom. The highest BCUT2D eigenvalue weighted by Crippen LogP contribution is 2.15. The number of nitrogens with one attached hydrogen (secondary N) is 1. The first-order chi connectivity index (χ1) is 8.66. The van der Waals surface area contributed by atoms with Gasteiger partial charge < -0.3 is 20.5 Å². The van der Waals surface area contributed by atoms with E-state index in [0.29, 0.717) is 32.1 Å². The number of carbonyl (C=O) groups is 1. The maximum atomic E-state index is 11.9. The number of nitrogens with two attached hydrogens (primary N) is 1. The van der Waals surface area contributed by atoms with Crippen molar-refractivity contribution in [2.45, 2.75) is 6.10 Å². The van der Waals surface area contributed by atoms with Crippen molar-refractivity contribution in [2.24, 2.45) is 0 Å². The first-order valence-electron chi connectivity index (χ1n) is 5.55. The standard InChI is InChI=1S/C11H14ClN3O3/c12-10-9(3-7(13)4-14-10)11(16)15-5-8-6-17-1-2-18-8/h3-4,8H,1-2,5-6,13H2,(H,15,16). The normalized spacial score (nSPS) is 19.5. The van der Waals surface area contributed by atoms with Gasteiger partial charge in [0.2, 0.25) is 0 Å². The molecule has 0 aromatic carbocycles. The Morgan fingerprint density at radius 2 is 2.44 bits per heavy atom. The topological polar surface area (TPSA) is 86.5 Å². The third kappa shape index (κ3) is 3.32. The van der Waals surface area contributed by atoms with Crippen LogP contribution in [0.1, 0.15) is 10.4 Å². The number of hydrogen-bond donors (Lipinski definition) is 2. The number of aromatic nitrogens is 1. The molecule has 1 aromatic heterocycles. The van der Waals surface area contributed by atoms with Crippen LogP contribution in [0.3, 0.4) is 0 Å². The van der Waals surface area contributed by atoms with Gasteiger partial charge in [-0.05, 0) is 6.07 Å². The largest absolute Gasteiger partial charge is 0.397 e. The highest BCUT2D eigenvalue weighted by molar-refractivity contribution is 6.32. The number of pyridine rings is 1. The number of amides is 1. The predicted molar refractivity (Wildman–Crippen MR) is 66.6 cm³/mol. The van der Waals surface area contributed by atoms with Gasteiger partial charge in [-0.15, -0.1) is 0 Å². The summed E-state index contributed by atoms with van der Waals surface area (Å²) in [6, 6.07) is 1.49. The van der Waals surface area contributed by atoms with Gasteiger partial charge in [-0.25, -0.2) is 4.98 Å². The van der Waals surface area contributed by atoms with Crippen molar-refractivity contribution >= 4 is 23.2 Å². The predicted octanol–water partition coefficient (Wildman–Crippen LogP) is 0.462. The molecule has 1 aromatic rings. The van der Waals surface area contributed by atoms with Gasteiger partial charge in [0.1, 0.15) is 5.15 Å². The van der Waals surface area contributed by atoms with E-state index in [1.165, 1.54) is 12.3 Å². The van der Waals surface area contributed by atoms with Crippen LogP contribution in [0.5, 0.6) is 0 Å². The SMILES string of the molecule is Nc1cnc(Cl)c(C(=O)NCC2COCCO2)c1. The van der Waals surface area contributed by atoms with Gasteiger partial charge in [0.05, 0.1) is 43.4 Å². The number of nitrogen functional groups attached to an aromatic ring is 1. The van der Waals surface area contributed by atoms with Crippen LogP contribution in [0, 0.1) is 0 Å². The number of nitrogens with zero attached hydrogens (tertiary/aromatic N) is 1. The smallest absolute Gasteiger partial charge is 0.254 e. The Bertz CT molecular complexity index is 436. The van der Waals surface area contributed by atoms with Crippen molar-refractivity contribution in [2.75, 3.05) is 32.1 Å². The summed E-state index contributed by atoms with van der Waals surface area (Å²) in [4.78, 5) is 15.7. The molecule has 6 nitrogen and oxygen atoms in total. The van der Waals surface area contributed by atoms with E-state index in [-0.39, 0.29) is 22.7 Å². The molecule has 3 N–H and O–H groups in total. The lowest BCUT2D eigenvalue weighted by atomic mass is 10.2. The minimum atomic E-state index is -0.325. The second kappa shape index (κ2) is 5.99. The van der Waals surface area contributed by atoms with Crippen LogP contribution >= 0.6 is 11.6 Å². The van der Waals surface area contributed by atoms with Crippen molar-refractivity contribution in [3.8, 4) is 0 Å². The lowest BCUT2D eigenvalue weighted by molar-refractivity contribution is -0.0855. The third-order valence-electron chi connectivity index (χ3n) is 2.48. The molecule has 98 valence electrons. The minimum absolute atomic E-state index is 0.127. The molecule has 2 heterocycles. The van der Waals surface area contributed by atoms with Gasteiger partial charge in [0.15, 0.2) is 0 Å². The molecule has 0 radical (unpaired) electrons. The van der Waals surface area contributed by atoms with Gasteiger partial charge >= 0.3 is 0 Å². The molecule has 0 bridgehead atoms. The summed E-state index contributed by atoms with van der Waals surface area (Å²) >= 11 is 5.83. The van der Waals surface area contributed by atoms with Gasteiger partial charge in [0.25, 0.3) is 5.91 Å². The first-order valence-corrected chi connectivity index (χ1v) is 5.93. The molecule has 0 aliphatic carbocycles. The Hall–Kier alpha value is -1.37. The molecular formula is C11H14ClN3O3. The Morgan fingerprint density at radius 3 is 3.17 bits per heavy atom. The average Bonchev–Trinajstić information content (AvgIpc) is 2.40. The Labute approximate surface area is 109 Å². The first kappa shape index (κ1) is 13.1. The van der Waals surface area contributed by atoms with Gasteiger partial charge in [-0.2, -0.15) is 0 Å². The van der Waals surface area contributed by atoms with E-state index < -0.39 is 0 Å². The molecule has 0 spiro atoms. The van der Waals surface area contributed by atoms with Crippen molar-refractivity contribution in [1.29, 1.82) is 0 Å². The molecule has 18 heavy (non-hydrogen) atoms. The molecule has 0 saturated carbocycles. The fourth-order valence-corrected chi connectivity index (χ4v) is 1.77. The quantitative estimate of drug-likeness (QED) is 0.780. The van der Waals surface area contributed by atoms with Crippen molar-refractivity contribution in [3.05, 3.63) is 23.0 Å². The third-order valence-corrected chi connectivity index (χ3v) is 2.78. The summed E-state index contributed by atoms with van der Waals surface area (Å²) in [6.45, 7) is 1.98. The van der Waals surface area contributed by atoms with E-state index in [9.17, 15) is 4.79 Å². The highest BCUT2D eigenvalue weighted by Gasteiger charge is 2.17. The van der Waals surface area contributed by atoms with Crippen LogP contribution in [-0.4, -0.2) is 43.4 Å². The summed E-state index contributed by atoms with van der Waals surface area (Å²) < 4.78 is 10.6. The number of carbonyl (C=O) groups excluding carboxylic acids is 1. The Balaban J connectivity index is 1.92. The molecule has 1 amide bonds. The monoisotopic (exact) mass is 271 g/mol. The maximum absolute atomic E-state index is 11.9. The van der Waals surface area contributed by atoms with E-state index in [4.69, 9.17) is 26.8 Å². The minimum Gasteiger partial charge on any atom is -0.397 e. The number of ether oxygens (including phenoxy) is 2. The Kier molecular flexibility index (Phi) is 4.35. The van der Waals surface area contributed by atoms with Crippen LogP contribution in [0.15, 0.2) is 12.3 Å². The van der Waals surface area contributed by atoms with E-state index in [0.717, 1.165) is 0 Å². The second-order valence-corrected chi connectivity index (χ2v) is 4.24. The average molecular weight is 272 g/mol. The summed E-state index contributed by atoms with van der Waals surface area (Å²) in [6.07, 6.45) is 1.27. The fourth-order valence-electron chi connectivity index (χ4n) is 1.58. The van der Waals surface area contributed by atoms with E-state index in [1.54, 1.807) is 0 Å². The van der Waals surface area contributed by atoms with Gasteiger partial charge in [-0.3, -0.25) is 4.79 Å². The zero-order chi connectivity index (χ0) is 13.0. The fraction of sp³-hybridized carbons (Fsp3) is 0.455. The van der Waals surface area contributed by atoms with Gasteiger partial charge in [0, 0.05) is 6.54 Å². The number of rotatable bonds is 3. The maximum Gasteiger partial charge on any atom is 0.254 e. The van der Waals surface area contributed by atoms with E-state index >= 15 is 0 Å². The van der Waals surface area contributed by atoms with Gasteiger partial charge in [-0.1, -0.05) is 11.6 Å². The molecule has 1 saturated heterocycles. The zero-order valence-corrected chi connectivity index (χ0v) is 10.4. The molecule has 2 rings (SSSR count). The van der Waals surface area contributed by atoms with E-state index in [2.05, 4.69) is 10.3 Å². The zero-order valence-electron chi connectivity index (χ0n) is 9.69. The molecule has 7 heteroatoms. The van der Waals surface area contributed by atoms with Crippen LogP contribution in [-0.2, 0) is 9.47 Å².